The fraction of sp³-hybridized carbons (Fsp3) is 0.583. The molecule has 1 amide bonds. The minimum Gasteiger partial charge on any atom is -0.469 e. The second-order valence-electron chi connectivity index (χ2n) is 4.63. The highest BCUT2D eigenvalue weighted by molar-refractivity contribution is 5.94. The van der Waals surface area contributed by atoms with Crippen LogP contribution in [-0.2, 0) is 0 Å². The van der Waals surface area contributed by atoms with Crippen molar-refractivity contribution >= 4 is 5.91 Å². The summed E-state index contributed by atoms with van der Waals surface area (Å²) in [7, 11) is 0. The van der Waals surface area contributed by atoms with Crippen molar-refractivity contribution in [2.75, 3.05) is 13.1 Å². The van der Waals surface area contributed by atoms with Gasteiger partial charge in [0.05, 0.1) is 5.56 Å². The number of furan rings is 1. The molecule has 2 unspecified atom stereocenters. The number of nitrogens with zero attached hydrogens (tertiary/aromatic N) is 1. The zero-order chi connectivity index (χ0) is 11.7. The number of amides is 1. The topological polar surface area (TPSA) is 59.5 Å². The fourth-order valence-corrected chi connectivity index (χ4v) is 2.09. The van der Waals surface area contributed by atoms with E-state index in [1.54, 1.807) is 6.07 Å². The van der Waals surface area contributed by atoms with Crippen molar-refractivity contribution in [3.8, 4) is 0 Å². The van der Waals surface area contributed by atoms with Gasteiger partial charge < -0.3 is 15.1 Å². The van der Waals surface area contributed by atoms with E-state index in [1.807, 2.05) is 11.8 Å². The summed E-state index contributed by atoms with van der Waals surface area (Å²) in [4.78, 5) is 13.9. The fourth-order valence-electron chi connectivity index (χ4n) is 2.09. The van der Waals surface area contributed by atoms with Gasteiger partial charge in [-0.3, -0.25) is 4.79 Å². The second kappa shape index (κ2) is 4.29. The van der Waals surface area contributed by atoms with Crippen molar-refractivity contribution in [1.29, 1.82) is 0 Å². The average molecular weight is 222 g/mol. The third kappa shape index (κ3) is 2.11. The first-order chi connectivity index (χ1) is 7.58. The van der Waals surface area contributed by atoms with Crippen molar-refractivity contribution in [3.05, 3.63) is 23.7 Å². The van der Waals surface area contributed by atoms with E-state index < -0.39 is 0 Å². The molecule has 1 aliphatic rings. The standard InChI is InChI=1S/C12H18N2O2/c1-8-6-14(4-3-11(8)13)12(15)10-5-9(2)16-7-10/h5,7-8,11H,3-4,6,13H2,1-2H3. The molecule has 2 rings (SSSR count). The molecule has 2 N–H and O–H groups in total. The van der Waals surface area contributed by atoms with Gasteiger partial charge in [0.25, 0.3) is 5.91 Å². The largest absolute Gasteiger partial charge is 0.469 e. The molecule has 0 aliphatic carbocycles. The lowest BCUT2D eigenvalue weighted by Crippen LogP contribution is -2.48. The SMILES string of the molecule is Cc1cc(C(=O)N2CCC(N)C(C)C2)co1. The maximum atomic E-state index is 12.1. The molecule has 0 spiro atoms. The van der Waals surface area contributed by atoms with Crippen LogP contribution in [0.1, 0.15) is 29.5 Å². The van der Waals surface area contributed by atoms with Gasteiger partial charge in [0, 0.05) is 19.1 Å². The molecule has 1 aromatic heterocycles. The van der Waals surface area contributed by atoms with E-state index in [4.69, 9.17) is 10.2 Å². The monoisotopic (exact) mass is 222 g/mol. The Hall–Kier alpha value is -1.29. The molecule has 1 aliphatic heterocycles. The van der Waals surface area contributed by atoms with E-state index in [0.717, 1.165) is 25.3 Å². The van der Waals surface area contributed by atoms with Gasteiger partial charge in [-0.25, -0.2) is 0 Å². The minimum absolute atomic E-state index is 0.0515. The Morgan fingerprint density at radius 2 is 2.38 bits per heavy atom. The van der Waals surface area contributed by atoms with Crippen LogP contribution in [0.2, 0.25) is 0 Å². The number of hydrogen-bond donors (Lipinski definition) is 1. The van der Waals surface area contributed by atoms with Crippen LogP contribution >= 0.6 is 0 Å². The predicted molar refractivity (Wildman–Crippen MR) is 61.1 cm³/mol. The Morgan fingerprint density at radius 1 is 1.62 bits per heavy atom. The molecule has 0 saturated carbocycles. The molecule has 0 aromatic carbocycles. The van der Waals surface area contributed by atoms with Crippen LogP contribution in [0.4, 0.5) is 0 Å². The van der Waals surface area contributed by atoms with Crippen LogP contribution in [0.3, 0.4) is 0 Å². The van der Waals surface area contributed by atoms with Crippen LogP contribution in [0.5, 0.6) is 0 Å². The quantitative estimate of drug-likeness (QED) is 0.781. The highest BCUT2D eigenvalue weighted by Crippen LogP contribution is 2.18. The van der Waals surface area contributed by atoms with Crippen LogP contribution in [0.15, 0.2) is 16.7 Å². The first kappa shape index (κ1) is 11.2. The first-order valence-corrected chi connectivity index (χ1v) is 5.68. The third-order valence-corrected chi connectivity index (χ3v) is 3.24. The predicted octanol–water partition coefficient (Wildman–Crippen LogP) is 1.40. The van der Waals surface area contributed by atoms with Crippen molar-refractivity contribution in [3.63, 3.8) is 0 Å². The summed E-state index contributed by atoms with van der Waals surface area (Å²) < 4.78 is 5.15. The zero-order valence-corrected chi connectivity index (χ0v) is 9.77. The van der Waals surface area contributed by atoms with Gasteiger partial charge in [-0.1, -0.05) is 6.92 Å². The lowest BCUT2D eigenvalue weighted by molar-refractivity contribution is 0.0663. The lowest BCUT2D eigenvalue weighted by Gasteiger charge is -2.34. The van der Waals surface area contributed by atoms with Crippen molar-refractivity contribution in [2.24, 2.45) is 11.7 Å². The Kier molecular flexibility index (Phi) is 3.01. The van der Waals surface area contributed by atoms with Gasteiger partial charge in [0.15, 0.2) is 0 Å². The Labute approximate surface area is 95.4 Å². The third-order valence-electron chi connectivity index (χ3n) is 3.24. The number of piperidine rings is 1. The van der Waals surface area contributed by atoms with Gasteiger partial charge in [-0.05, 0) is 25.3 Å². The Balaban J connectivity index is 2.06. The summed E-state index contributed by atoms with van der Waals surface area (Å²) in [6.45, 7) is 5.41. The molecule has 0 bridgehead atoms. The molecule has 0 radical (unpaired) electrons. The molecule has 1 fully saturated rings. The number of carbonyl (C=O) groups excluding carboxylic acids is 1. The van der Waals surface area contributed by atoms with Crippen LogP contribution in [-0.4, -0.2) is 29.9 Å². The van der Waals surface area contributed by atoms with Gasteiger partial charge in [0.1, 0.15) is 12.0 Å². The first-order valence-electron chi connectivity index (χ1n) is 5.68. The molecule has 1 saturated heterocycles. The molecule has 16 heavy (non-hydrogen) atoms. The Bertz CT molecular complexity index is 386. The van der Waals surface area contributed by atoms with Gasteiger partial charge in [-0.15, -0.1) is 0 Å². The Morgan fingerprint density at radius 3 is 2.94 bits per heavy atom. The number of carbonyl (C=O) groups is 1. The number of nitrogens with two attached hydrogens (primary N) is 1. The van der Waals surface area contributed by atoms with Crippen molar-refractivity contribution in [2.45, 2.75) is 26.3 Å². The highest BCUT2D eigenvalue weighted by Gasteiger charge is 2.27. The molecular weight excluding hydrogens is 204 g/mol. The second-order valence-corrected chi connectivity index (χ2v) is 4.63. The maximum Gasteiger partial charge on any atom is 0.257 e. The number of aryl methyl sites for hydroxylation is 1. The molecular formula is C12H18N2O2. The zero-order valence-electron chi connectivity index (χ0n) is 9.77. The van der Waals surface area contributed by atoms with Gasteiger partial charge >= 0.3 is 0 Å². The molecule has 88 valence electrons. The summed E-state index contributed by atoms with van der Waals surface area (Å²) in [6, 6.07) is 2.00. The van der Waals surface area contributed by atoms with Crippen molar-refractivity contribution < 1.29 is 9.21 Å². The molecule has 4 nitrogen and oxygen atoms in total. The van der Waals surface area contributed by atoms with E-state index >= 15 is 0 Å². The highest BCUT2D eigenvalue weighted by atomic mass is 16.3. The van der Waals surface area contributed by atoms with Crippen LogP contribution in [0, 0.1) is 12.8 Å². The summed E-state index contributed by atoms with van der Waals surface area (Å²) in [5, 5.41) is 0. The van der Waals surface area contributed by atoms with Crippen LogP contribution < -0.4 is 5.73 Å². The van der Waals surface area contributed by atoms with E-state index in [0.29, 0.717) is 11.5 Å². The number of hydrogen-bond acceptors (Lipinski definition) is 3. The van der Waals surface area contributed by atoms with E-state index in [9.17, 15) is 4.79 Å². The molecule has 1 aromatic rings. The normalized spacial score (nSPS) is 25.8. The summed E-state index contributed by atoms with van der Waals surface area (Å²) in [6.07, 6.45) is 2.40. The maximum absolute atomic E-state index is 12.1. The summed E-state index contributed by atoms with van der Waals surface area (Å²) in [5.74, 6) is 1.19. The summed E-state index contributed by atoms with van der Waals surface area (Å²) in [5.41, 5.74) is 6.57. The minimum atomic E-state index is 0.0515. The number of likely N-dealkylation sites (tertiary alicyclic amines) is 1. The van der Waals surface area contributed by atoms with Crippen LogP contribution in [0.25, 0.3) is 0 Å². The molecule has 2 heterocycles. The average Bonchev–Trinajstić information content (AvgIpc) is 2.68. The van der Waals surface area contributed by atoms with E-state index in [2.05, 4.69) is 6.92 Å². The molecule has 4 heteroatoms. The summed E-state index contributed by atoms with van der Waals surface area (Å²) >= 11 is 0. The van der Waals surface area contributed by atoms with E-state index in [1.165, 1.54) is 6.26 Å². The van der Waals surface area contributed by atoms with E-state index in [-0.39, 0.29) is 11.9 Å². The van der Waals surface area contributed by atoms with Gasteiger partial charge in [0.2, 0.25) is 0 Å². The van der Waals surface area contributed by atoms with Crippen molar-refractivity contribution in [1.82, 2.24) is 4.90 Å². The number of rotatable bonds is 1. The smallest absolute Gasteiger partial charge is 0.257 e. The molecule has 2 atom stereocenters. The lowest BCUT2D eigenvalue weighted by atomic mass is 9.94. The van der Waals surface area contributed by atoms with Gasteiger partial charge in [-0.2, -0.15) is 0 Å².